The predicted octanol–water partition coefficient (Wildman–Crippen LogP) is 3.21. The zero-order valence-electron chi connectivity index (χ0n) is 11.0. The number of benzene rings is 1. The largest absolute Gasteiger partial charge is 0.573 e. The lowest BCUT2D eigenvalue weighted by atomic mass is 10.0. The van der Waals surface area contributed by atoms with Gasteiger partial charge >= 0.3 is 6.36 Å². The first kappa shape index (κ1) is 15.6. The van der Waals surface area contributed by atoms with Crippen LogP contribution in [0.5, 0.6) is 11.5 Å². The van der Waals surface area contributed by atoms with Gasteiger partial charge in [-0.25, -0.2) is 5.43 Å². The fraction of sp³-hybridized carbons (Fsp3) is 0.231. The standard InChI is InChI=1S/C13H13F3N2O2S/c1-19-8-6-11(21-7-8)12(18-17)9-4-2-3-5-10(9)20-13(14,15)16/h2-7,12,18H,17H2,1H3. The number of hydrazine groups is 1. The highest BCUT2D eigenvalue weighted by Gasteiger charge is 2.33. The maximum Gasteiger partial charge on any atom is 0.573 e. The van der Waals surface area contributed by atoms with Crippen LogP contribution >= 0.6 is 11.3 Å². The summed E-state index contributed by atoms with van der Waals surface area (Å²) in [5.41, 5.74) is 2.80. The maximum absolute atomic E-state index is 12.5. The Labute approximate surface area is 123 Å². The molecule has 0 aliphatic carbocycles. The number of ether oxygens (including phenoxy) is 2. The van der Waals surface area contributed by atoms with Crippen molar-refractivity contribution in [1.29, 1.82) is 0 Å². The minimum atomic E-state index is -4.76. The van der Waals surface area contributed by atoms with E-state index in [0.717, 1.165) is 0 Å². The fourth-order valence-electron chi connectivity index (χ4n) is 1.85. The molecule has 0 saturated heterocycles. The van der Waals surface area contributed by atoms with Crippen LogP contribution in [0, 0.1) is 0 Å². The topological polar surface area (TPSA) is 56.5 Å². The summed E-state index contributed by atoms with van der Waals surface area (Å²) >= 11 is 1.32. The molecule has 21 heavy (non-hydrogen) atoms. The van der Waals surface area contributed by atoms with Crippen molar-refractivity contribution < 1.29 is 22.6 Å². The van der Waals surface area contributed by atoms with E-state index in [9.17, 15) is 13.2 Å². The Morgan fingerprint density at radius 2 is 2.00 bits per heavy atom. The lowest BCUT2D eigenvalue weighted by Crippen LogP contribution is -2.29. The van der Waals surface area contributed by atoms with Gasteiger partial charge in [-0.15, -0.1) is 24.5 Å². The van der Waals surface area contributed by atoms with Gasteiger partial charge in [0.2, 0.25) is 0 Å². The Hall–Kier alpha value is -1.77. The summed E-state index contributed by atoms with van der Waals surface area (Å²) in [6.45, 7) is 0. The summed E-state index contributed by atoms with van der Waals surface area (Å²) in [6, 6.07) is 6.94. The number of hydrogen-bond donors (Lipinski definition) is 2. The Balaban J connectivity index is 2.38. The Kier molecular flexibility index (Phi) is 4.71. The third-order valence-corrected chi connectivity index (χ3v) is 3.71. The van der Waals surface area contributed by atoms with Crippen LogP contribution in [0.2, 0.25) is 0 Å². The number of para-hydroxylation sites is 1. The van der Waals surface area contributed by atoms with Crippen molar-refractivity contribution in [3.05, 3.63) is 46.2 Å². The zero-order valence-corrected chi connectivity index (χ0v) is 11.8. The number of rotatable bonds is 5. The van der Waals surface area contributed by atoms with Gasteiger partial charge in [-0.1, -0.05) is 18.2 Å². The first-order chi connectivity index (χ1) is 9.94. The van der Waals surface area contributed by atoms with Gasteiger partial charge in [-0.3, -0.25) is 5.84 Å². The molecule has 1 heterocycles. The van der Waals surface area contributed by atoms with E-state index in [4.69, 9.17) is 10.6 Å². The molecule has 3 N–H and O–H groups in total. The zero-order chi connectivity index (χ0) is 15.5. The van der Waals surface area contributed by atoms with Crippen LogP contribution in [0.4, 0.5) is 13.2 Å². The van der Waals surface area contributed by atoms with E-state index in [1.807, 2.05) is 0 Å². The van der Waals surface area contributed by atoms with E-state index in [-0.39, 0.29) is 5.75 Å². The van der Waals surface area contributed by atoms with E-state index >= 15 is 0 Å². The summed E-state index contributed by atoms with van der Waals surface area (Å²) in [4.78, 5) is 0.715. The monoisotopic (exact) mass is 318 g/mol. The minimum absolute atomic E-state index is 0.291. The molecule has 0 spiro atoms. The van der Waals surface area contributed by atoms with E-state index < -0.39 is 12.4 Å². The van der Waals surface area contributed by atoms with Gasteiger partial charge in [0.25, 0.3) is 0 Å². The number of halogens is 3. The molecule has 1 aromatic heterocycles. The maximum atomic E-state index is 12.5. The number of alkyl halides is 3. The average Bonchev–Trinajstić information content (AvgIpc) is 2.88. The highest BCUT2D eigenvalue weighted by Crippen LogP contribution is 2.36. The van der Waals surface area contributed by atoms with Gasteiger partial charge in [0, 0.05) is 15.8 Å². The van der Waals surface area contributed by atoms with E-state index in [2.05, 4.69) is 10.2 Å². The number of hydrogen-bond acceptors (Lipinski definition) is 5. The van der Waals surface area contributed by atoms with Gasteiger partial charge in [0.1, 0.15) is 11.5 Å². The van der Waals surface area contributed by atoms with Crippen LogP contribution in [0.15, 0.2) is 35.7 Å². The van der Waals surface area contributed by atoms with Crippen LogP contribution in [0.25, 0.3) is 0 Å². The predicted molar refractivity (Wildman–Crippen MR) is 73.2 cm³/mol. The second kappa shape index (κ2) is 6.33. The number of nitrogens with one attached hydrogen (secondary N) is 1. The first-order valence-corrected chi connectivity index (χ1v) is 6.76. The lowest BCUT2D eigenvalue weighted by Gasteiger charge is -2.19. The highest BCUT2D eigenvalue weighted by atomic mass is 32.1. The van der Waals surface area contributed by atoms with Crippen LogP contribution in [-0.4, -0.2) is 13.5 Å². The molecule has 2 aromatic rings. The van der Waals surface area contributed by atoms with Crippen molar-refractivity contribution in [1.82, 2.24) is 5.43 Å². The molecule has 8 heteroatoms. The molecule has 0 bridgehead atoms. The van der Waals surface area contributed by atoms with Crippen molar-refractivity contribution in [3.8, 4) is 11.5 Å². The van der Waals surface area contributed by atoms with Gasteiger partial charge in [0.05, 0.1) is 13.2 Å². The first-order valence-electron chi connectivity index (χ1n) is 5.88. The molecule has 0 amide bonds. The second-order valence-electron chi connectivity index (χ2n) is 4.07. The molecule has 0 fully saturated rings. The lowest BCUT2D eigenvalue weighted by molar-refractivity contribution is -0.275. The van der Waals surface area contributed by atoms with Gasteiger partial charge in [-0.05, 0) is 12.1 Å². The molecule has 114 valence electrons. The van der Waals surface area contributed by atoms with Gasteiger partial charge < -0.3 is 9.47 Å². The van der Waals surface area contributed by atoms with Crippen molar-refractivity contribution in [2.24, 2.45) is 5.84 Å². The number of methoxy groups -OCH3 is 1. The third-order valence-electron chi connectivity index (χ3n) is 2.74. The van der Waals surface area contributed by atoms with Crippen molar-refractivity contribution in [3.63, 3.8) is 0 Å². The molecule has 0 saturated carbocycles. The minimum Gasteiger partial charge on any atom is -0.496 e. The molecule has 0 aliphatic heterocycles. The summed E-state index contributed by atoms with van der Waals surface area (Å²) in [5, 5.41) is 1.74. The highest BCUT2D eigenvalue weighted by molar-refractivity contribution is 7.10. The number of thiophene rings is 1. The smallest absolute Gasteiger partial charge is 0.496 e. The third kappa shape index (κ3) is 3.87. The molecular formula is C13H13F3N2O2S. The number of nitrogens with two attached hydrogens (primary N) is 1. The molecule has 1 aromatic carbocycles. The van der Waals surface area contributed by atoms with Crippen LogP contribution in [0.1, 0.15) is 16.5 Å². The summed E-state index contributed by atoms with van der Waals surface area (Å²) in [7, 11) is 1.51. The van der Waals surface area contributed by atoms with Crippen molar-refractivity contribution in [2.45, 2.75) is 12.4 Å². The fourth-order valence-corrected chi connectivity index (χ4v) is 2.79. The molecular weight excluding hydrogens is 305 g/mol. The van der Waals surface area contributed by atoms with Crippen molar-refractivity contribution in [2.75, 3.05) is 7.11 Å². The average molecular weight is 318 g/mol. The summed E-state index contributed by atoms with van der Waals surface area (Å²) < 4.78 is 46.5. The quantitative estimate of drug-likeness (QED) is 0.656. The summed E-state index contributed by atoms with van der Waals surface area (Å²) in [6.07, 6.45) is -4.76. The van der Waals surface area contributed by atoms with Gasteiger partial charge in [-0.2, -0.15) is 0 Å². The Morgan fingerprint density at radius 3 is 2.57 bits per heavy atom. The molecule has 4 nitrogen and oxygen atoms in total. The van der Waals surface area contributed by atoms with Gasteiger partial charge in [0.15, 0.2) is 0 Å². The van der Waals surface area contributed by atoms with Crippen LogP contribution in [-0.2, 0) is 0 Å². The molecule has 1 atom stereocenters. The summed E-state index contributed by atoms with van der Waals surface area (Å²) in [5.74, 6) is 5.82. The second-order valence-corrected chi connectivity index (χ2v) is 5.02. The van der Waals surface area contributed by atoms with E-state index in [1.54, 1.807) is 17.5 Å². The molecule has 0 radical (unpaired) electrons. The van der Waals surface area contributed by atoms with E-state index in [1.165, 1.54) is 36.6 Å². The Morgan fingerprint density at radius 1 is 1.29 bits per heavy atom. The molecule has 1 unspecified atom stereocenters. The van der Waals surface area contributed by atoms with Crippen LogP contribution in [0.3, 0.4) is 0 Å². The van der Waals surface area contributed by atoms with Crippen LogP contribution < -0.4 is 20.7 Å². The SMILES string of the molecule is COc1csc(C(NN)c2ccccc2OC(F)(F)F)c1. The van der Waals surface area contributed by atoms with E-state index in [0.29, 0.717) is 16.2 Å². The Bertz CT molecular complexity index is 601. The normalized spacial score (nSPS) is 13.0. The molecule has 2 rings (SSSR count). The molecule has 0 aliphatic rings. The van der Waals surface area contributed by atoms with Crippen molar-refractivity contribution >= 4 is 11.3 Å².